The molecule has 1 fully saturated rings. The van der Waals surface area contributed by atoms with Crippen LogP contribution in [0.1, 0.15) is 43.7 Å². The van der Waals surface area contributed by atoms with E-state index in [1.807, 2.05) is 0 Å². The molecular formula is C18H30N2O. The first-order valence-electron chi connectivity index (χ1n) is 8.34. The fourth-order valence-electron chi connectivity index (χ4n) is 3.11. The number of nitrogens with zero attached hydrogens (tertiary/aromatic N) is 1. The third-order valence-electron chi connectivity index (χ3n) is 4.17. The minimum absolute atomic E-state index is 0.679. The molecule has 21 heavy (non-hydrogen) atoms. The second-order valence-electron chi connectivity index (χ2n) is 6.13. The first-order chi connectivity index (χ1) is 10.3. The molecule has 1 aromatic rings. The lowest BCUT2D eigenvalue weighted by Gasteiger charge is -2.30. The Balaban J connectivity index is 1.88. The van der Waals surface area contributed by atoms with E-state index in [1.165, 1.54) is 56.4 Å². The van der Waals surface area contributed by atoms with E-state index in [2.05, 4.69) is 41.4 Å². The molecule has 0 spiro atoms. The first kappa shape index (κ1) is 16.5. The Hall–Kier alpha value is -0.900. The van der Waals surface area contributed by atoms with Crippen LogP contribution in [-0.4, -0.2) is 37.7 Å². The Bertz CT molecular complexity index is 385. The topological polar surface area (TPSA) is 24.5 Å². The average Bonchev–Trinajstić information content (AvgIpc) is 2.51. The molecule has 118 valence electrons. The minimum Gasteiger partial charge on any atom is -0.380 e. The van der Waals surface area contributed by atoms with Crippen LogP contribution >= 0.6 is 0 Å². The standard InChI is InChI=1S/C18H30N2O/c1-3-12-20(14-18-6-4-5-11-19-18)13-16-7-9-17(10-8-16)15-21-2/h7-10,18-19H,3-6,11-15H2,1-2H3. The monoisotopic (exact) mass is 290 g/mol. The Morgan fingerprint density at radius 3 is 2.57 bits per heavy atom. The van der Waals surface area contributed by atoms with Gasteiger partial charge in [-0.2, -0.15) is 0 Å². The summed E-state index contributed by atoms with van der Waals surface area (Å²) in [6.45, 7) is 7.56. The molecule has 1 N–H and O–H groups in total. The molecule has 1 atom stereocenters. The third kappa shape index (κ3) is 5.77. The summed E-state index contributed by atoms with van der Waals surface area (Å²) in [7, 11) is 1.74. The van der Waals surface area contributed by atoms with E-state index < -0.39 is 0 Å². The highest BCUT2D eigenvalue weighted by atomic mass is 16.5. The normalized spacial score (nSPS) is 19.1. The number of hydrogen-bond donors (Lipinski definition) is 1. The molecule has 0 bridgehead atoms. The maximum absolute atomic E-state index is 5.17. The van der Waals surface area contributed by atoms with Crippen LogP contribution in [0.25, 0.3) is 0 Å². The van der Waals surface area contributed by atoms with Crippen LogP contribution in [0.15, 0.2) is 24.3 Å². The Morgan fingerprint density at radius 2 is 1.95 bits per heavy atom. The van der Waals surface area contributed by atoms with E-state index in [0.717, 1.165) is 6.54 Å². The summed E-state index contributed by atoms with van der Waals surface area (Å²) in [5.41, 5.74) is 2.65. The first-order valence-corrected chi connectivity index (χ1v) is 8.34. The van der Waals surface area contributed by atoms with Gasteiger partial charge in [0.2, 0.25) is 0 Å². The molecular weight excluding hydrogens is 260 g/mol. The number of rotatable bonds is 8. The van der Waals surface area contributed by atoms with Crippen molar-refractivity contribution < 1.29 is 4.74 Å². The Labute approximate surface area is 129 Å². The van der Waals surface area contributed by atoms with Crippen molar-refractivity contribution in [2.24, 2.45) is 0 Å². The summed E-state index contributed by atoms with van der Waals surface area (Å²) in [4.78, 5) is 2.59. The van der Waals surface area contributed by atoms with Gasteiger partial charge in [-0.3, -0.25) is 4.90 Å². The number of methoxy groups -OCH3 is 1. The zero-order valence-electron chi connectivity index (χ0n) is 13.6. The minimum atomic E-state index is 0.679. The van der Waals surface area contributed by atoms with Crippen molar-refractivity contribution in [3.05, 3.63) is 35.4 Å². The molecule has 0 aliphatic carbocycles. The van der Waals surface area contributed by atoms with Crippen molar-refractivity contribution in [1.82, 2.24) is 10.2 Å². The van der Waals surface area contributed by atoms with Gasteiger partial charge in [0.25, 0.3) is 0 Å². The van der Waals surface area contributed by atoms with Crippen LogP contribution in [0.3, 0.4) is 0 Å². The van der Waals surface area contributed by atoms with Crippen LogP contribution in [0.5, 0.6) is 0 Å². The van der Waals surface area contributed by atoms with Gasteiger partial charge in [-0.05, 0) is 43.5 Å². The van der Waals surface area contributed by atoms with Crippen molar-refractivity contribution in [2.45, 2.75) is 51.8 Å². The zero-order valence-corrected chi connectivity index (χ0v) is 13.6. The summed E-state index contributed by atoms with van der Waals surface area (Å²) in [5.74, 6) is 0. The number of ether oxygens (including phenoxy) is 1. The van der Waals surface area contributed by atoms with E-state index in [-0.39, 0.29) is 0 Å². The Kier molecular flexibility index (Phi) is 7.20. The predicted molar refractivity (Wildman–Crippen MR) is 88.4 cm³/mol. The second-order valence-corrected chi connectivity index (χ2v) is 6.13. The molecule has 1 saturated heterocycles. The smallest absolute Gasteiger partial charge is 0.0713 e. The quantitative estimate of drug-likeness (QED) is 0.796. The lowest BCUT2D eigenvalue weighted by atomic mass is 10.0. The Morgan fingerprint density at radius 1 is 1.19 bits per heavy atom. The maximum Gasteiger partial charge on any atom is 0.0713 e. The van der Waals surface area contributed by atoms with Crippen molar-refractivity contribution in [3.8, 4) is 0 Å². The van der Waals surface area contributed by atoms with Gasteiger partial charge in [0, 0.05) is 26.2 Å². The van der Waals surface area contributed by atoms with Gasteiger partial charge < -0.3 is 10.1 Å². The molecule has 0 saturated carbocycles. The van der Waals surface area contributed by atoms with Crippen molar-refractivity contribution in [2.75, 3.05) is 26.7 Å². The van der Waals surface area contributed by atoms with Crippen LogP contribution in [0, 0.1) is 0 Å². The van der Waals surface area contributed by atoms with Gasteiger partial charge in [-0.1, -0.05) is 37.6 Å². The summed E-state index contributed by atoms with van der Waals surface area (Å²) < 4.78 is 5.17. The summed E-state index contributed by atoms with van der Waals surface area (Å²) in [5, 5.41) is 3.66. The molecule has 0 amide bonds. The maximum atomic E-state index is 5.17. The zero-order chi connectivity index (χ0) is 14.9. The van der Waals surface area contributed by atoms with Crippen LogP contribution in [-0.2, 0) is 17.9 Å². The summed E-state index contributed by atoms with van der Waals surface area (Å²) in [6.07, 6.45) is 5.26. The predicted octanol–water partition coefficient (Wildman–Crippen LogP) is 3.19. The van der Waals surface area contributed by atoms with Crippen LogP contribution < -0.4 is 5.32 Å². The number of nitrogens with one attached hydrogen (secondary N) is 1. The fraction of sp³-hybridized carbons (Fsp3) is 0.667. The summed E-state index contributed by atoms with van der Waals surface area (Å²) >= 11 is 0. The van der Waals surface area contributed by atoms with Gasteiger partial charge in [0.05, 0.1) is 6.61 Å². The molecule has 1 aliphatic rings. The van der Waals surface area contributed by atoms with E-state index in [0.29, 0.717) is 12.6 Å². The van der Waals surface area contributed by atoms with Crippen molar-refractivity contribution in [3.63, 3.8) is 0 Å². The highest BCUT2D eigenvalue weighted by molar-refractivity contribution is 5.22. The summed E-state index contributed by atoms with van der Waals surface area (Å²) in [6, 6.07) is 9.53. The van der Waals surface area contributed by atoms with Gasteiger partial charge in [-0.15, -0.1) is 0 Å². The molecule has 1 aliphatic heterocycles. The molecule has 0 radical (unpaired) electrons. The largest absolute Gasteiger partial charge is 0.380 e. The van der Waals surface area contributed by atoms with E-state index in [1.54, 1.807) is 7.11 Å². The molecule has 2 rings (SSSR count). The fourth-order valence-corrected chi connectivity index (χ4v) is 3.11. The lowest BCUT2D eigenvalue weighted by Crippen LogP contribution is -2.43. The van der Waals surface area contributed by atoms with E-state index >= 15 is 0 Å². The lowest BCUT2D eigenvalue weighted by molar-refractivity contribution is 0.185. The highest BCUT2D eigenvalue weighted by Crippen LogP contribution is 2.13. The third-order valence-corrected chi connectivity index (χ3v) is 4.17. The molecule has 1 heterocycles. The molecule has 1 unspecified atom stereocenters. The highest BCUT2D eigenvalue weighted by Gasteiger charge is 2.16. The van der Waals surface area contributed by atoms with Gasteiger partial charge in [0.15, 0.2) is 0 Å². The average molecular weight is 290 g/mol. The van der Waals surface area contributed by atoms with Crippen molar-refractivity contribution in [1.29, 1.82) is 0 Å². The van der Waals surface area contributed by atoms with E-state index in [4.69, 9.17) is 4.74 Å². The van der Waals surface area contributed by atoms with Gasteiger partial charge in [-0.25, -0.2) is 0 Å². The van der Waals surface area contributed by atoms with Crippen molar-refractivity contribution >= 4 is 0 Å². The second kappa shape index (κ2) is 9.19. The molecule has 3 heteroatoms. The number of benzene rings is 1. The number of hydrogen-bond acceptors (Lipinski definition) is 3. The molecule has 1 aromatic carbocycles. The number of piperidine rings is 1. The van der Waals surface area contributed by atoms with E-state index in [9.17, 15) is 0 Å². The van der Waals surface area contributed by atoms with Crippen LogP contribution in [0.4, 0.5) is 0 Å². The molecule has 3 nitrogen and oxygen atoms in total. The van der Waals surface area contributed by atoms with Gasteiger partial charge >= 0.3 is 0 Å². The SMILES string of the molecule is CCCN(Cc1ccc(COC)cc1)CC1CCCCN1. The van der Waals surface area contributed by atoms with Crippen LogP contribution in [0.2, 0.25) is 0 Å². The molecule has 0 aromatic heterocycles. The van der Waals surface area contributed by atoms with Gasteiger partial charge in [0.1, 0.15) is 0 Å².